The van der Waals surface area contributed by atoms with Gasteiger partial charge in [0, 0.05) is 25.0 Å². The molecule has 0 bridgehead atoms. The van der Waals surface area contributed by atoms with Crippen LogP contribution in [0.2, 0.25) is 0 Å². The Morgan fingerprint density at radius 1 is 1.47 bits per heavy atom. The Morgan fingerprint density at radius 2 is 2.41 bits per heavy atom. The monoisotopic (exact) mass is 234 g/mol. The topological polar surface area (TPSA) is 66.9 Å². The summed E-state index contributed by atoms with van der Waals surface area (Å²) in [5, 5.41) is 6.60. The molecule has 1 aliphatic heterocycles. The van der Waals surface area contributed by atoms with E-state index in [9.17, 15) is 4.79 Å². The van der Waals surface area contributed by atoms with E-state index >= 15 is 0 Å². The van der Waals surface area contributed by atoms with Crippen LogP contribution in [0.15, 0.2) is 18.6 Å². The van der Waals surface area contributed by atoms with E-state index in [2.05, 4.69) is 20.6 Å². The predicted octanol–water partition coefficient (Wildman–Crippen LogP) is 0.391. The van der Waals surface area contributed by atoms with Gasteiger partial charge in [-0.2, -0.15) is 0 Å². The molecular weight excluding hydrogens is 216 g/mol. The molecule has 1 saturated heterocycles. The van der Waals surface area contributed by atoms with Crippen molar-refractivity contribution in [3.05, 3.63) is 24.3 Å². The first-order valence-electron chi connectivity index (χ1n) is 6.09. The van der Waals surface area contributed by atoms with Crippen LogP contribution in [0, 0.1) is 0 Å². The molecule has 0 aliphatic carbocycles. The van der Waals surface area contributed by atoms with E-state index in [0.717, 1.165) is 13.1 Å². The lowest BCUT2D eigenvalue weighted by atomic mass is 10.1. The summed E-state index contributed by atoms with van der Waals surface area (Å²) in [5.74, 6) is -0.00564. The zero-order chi connectivity index (χ0) is 11.9. The van der Waals surface area contributed by atoms with Crippen LogP contribution in [0.5, 0.6) is 0 Å². The van der Waals surface area contributed by atoms with Gasteiger partial charge in [0.1, 0.15) is 5.69 Å². The summed E-state index contributed by atoms with van der Waals surface area (Å²) in [6.45, 7) is 2.26. The summed E-state index contributed by atoms with van der Waals surface area (Å²) in [4.78, 5) is 19.6. The van der Waals surface area contributed by atoms with Gasteiger partial charge in [0.05, 0.1) is 12.7 Å². The molecule has 5 nitrogen and oxygen atoms in total. The summed E-state index contributed by atoms with van der Waals surface area (Å²) in [6.07, 6.45) is 8.33. The highest BCUT2D eigenvalue weighted by Gasteiger charge is 2.13. The van der Waals surface area contributed by atoms with Crippen molar-refractivity contribution in [1.82, 2.24) is 20.6 Å². The Balaban J connectivity index is 1.69. The number of aromatic nitrogens is 2. The van der Waals surface area contributed by atoms with Gasteiger partial charge in [0.15, 0.2) is 5.78 Å². The second-order valence-corrected chi connectivity index (χ2v) is 4.29. The Hall–Kier alpha value is -1.33. The number of rotatable bonds is 5. The highest BCUT2D eigenvalue weighted by molar-refractivity contribution is 5.95. The average Bonchev–Trinajstić information content (AvgIpc) is 2.41. The van der Waals surface area contributed by atoms with E-state index < -0.39 is 0 Å². The average molecular weight is 234 g/mol. The molecule has 0 saturated carbocycles. The van der Waals surface area contributed by atoms with Gasteiger partial charge < -0.3 is 10.6 Å². The predicted molar refractivity (Wildman–Crippen MR) is 64.9 cm³/mol. The molecule has 5 heteroatoms. The number of hydrogen-bond donors (Lipinski definition) is 2. The molecule has 2 heterocycles. The van der Waals surface area contributed by atoms with Gasteiger partial charge in [-0.05, 0) is 19.4 Å². The first-order valence-corrected chi connectivity index (χ1v) is 6.09. The molecule has 1 aromatic heterocycles. The summed E-state index contributed by atoms with van der Waals surface area (Å²) in [7, 11) is 0. The standard InChI is InChI=1S/C12H18N4O/c17-12(11-8-13-5-6-16-11)9-14-7-10-3-1-2-4-15-10/h5-6,8,10,14-15H,1-4,7,9H2. The minimum atomic E-state index is -0.00564. The van der Waals surface area contributed by atoms with Crippen molar-refractivity contribution < 1.29 is 4.79 Å². The van der Waals surface area contributed by atoms with Crippen LogP contribution in [0.1, 0.15) is 29.8 Å². The van der Waals surface area contributed by atoms with E-state index in [1.807, 2.05) is 0 Å². The Morgan fingerprint density at radius 3 is 3.12 bits per heavy atom. The first-order chi connectivity index (χ1) is 8.36. The fourth-order valence-electron chi connectivity index (χ4n) is 1.99. The van der Waals surface area contributed by atoms with Gasteiger partial charge in [-0.1, -0.05) is 6.42 Å². The van der Waals surface area contributed by atoms with Crippen LogP contribution < -0.4 is 10.6 Å². The quantitative estimate of drug-likeness (QED) is 0.721. The van der Waals surface area contributed by atoms with Crippen molar-refractivity contribution in [3.8, 4) is 0 Å². The van der Waals surface area contributed by atoms with Gasteiger partial charge in [-0.25, -0.2) is 4.98 Å². The zero-order valence-corrected chi connectivity index (χ0v) is 9.85. The number of ketones is 1. The third-order valence-corrected chi connectivity index (χ3v) is 2.94. The second kappa shape index (κ2) is 6.42. The summed E-state index contributed by atoms with van der Waals surface area (Å²) >= 11 is 0. The van der Waals surface area contributed by atoms with Crippen molar-refractivity contribution in [2.45, 2.75) is 25.3 Å². The van der Waals surface area contributed by atoms with Gasteiger partial charge in [0.2, 0.25) is 0 Å². The molecule has 0 aromatic carbocycles. The lowest BCUT2D eigenvalue weighted by Crippen LogP contribution is -2.42. The Kier molecular flexibility index (Phi) is 4.58. The third-order valence-electron chi connectivity index (χ3n) is 2.94. The van der Waals surface area contributed by atoms with Crippen molar-refractivity contribution >= 4 is 5.78 Å². The highest BCUT2D eigenvalue weighted by Crippen LogP contribution is 2.05. The minimum Gasteiger partial charge on any atom is -0.313 e. The summed E-state index contributed by atoms with van der Waals surface area (Å²) in [5.41, 5.74) is 0.427. The van der Waals surface area contributed by atoms with E-state index in [0.29, 0.717) is 18.3 Å². The molecule has 1 aromatic rings. The molecule has 1 aliphatic rings. The smallest absolute Gasteiger partial charge is 0.196 e. The first kappa shape index (κ1) is 12.1. The fourth-order valence-corrected chi connectivity index (χ4v) is 1.99. The van der Waals surface area contributed by atoms with E-state index in [-0.39, 0.29) is 5.78 Å². The van der Waals surface area contributed by atoms with E-state index in [1.54, 1.807) is 6.20 Å². The number of carbonyl (C=O) groups is 1. The van der Waals surface area contributed by atoms with E-state index in [1.165, 1.54) is 31.7 Å². The van der Waals surface area contributed by atoms with Gasteiger partial charge in [-0.15, -0.1) is 0 Å². The summed E-state index contributed by atoms with van der Waals surface area (Å²) < 4.78 is 0. The van der Waals surface area contributed by atoms with Crippen LogP contribution in [-0.4, -0.2) is 41.4 Å². The number of Topliss-reactive ketones (excluding diaryl/α,β-unsaturated/α-hetero) is 1. The SMILES string of the molecule is O=C(CNCC1CCCCN1)c1cnccn1. The van der Waals surface area contributed by atoms with Crippen LogP contribution in [0.3, 0.4) is 0 Å². The molecule has 1 atom stereocenters. The Labute approximate surface area is 101 Å². The molecule has 2 N–H and O–H groups in total. The molecular formula is C12H18N4O. The molecule has 0 amide bonds. The molecule has 2 rings (SSSR count). The minimum absolute atomic E-state index is 0.00564. The number of nitrogens with one attached hydrogen (secondary N) is 2. The molecule has 0 radical (unpaired) electrons. The summed E-state index contributed by atoms with van der Waals surface area (Å²) in [6, 6.07) is 0.499. The fraction of sp³-hybridized carbons (Fsp3) is 0.583. The number of hydrogen-bond acceptors (Lipinski definition) is 5. The molecule has 17 heavy (non-hydrogen) atoms. The van der Waals surface area contributed by atoms with Crippen molar-refractivity contribution in [2.75, 3.05) is 19.6 Å². The lowest BCUT2D eigenvalue weighted by Gasteiger charge is -2.23. The molecule has 1 fully saturated rings. The molecule has 1 unspecified atom stereocenters. The van der Waals surface area contributed by atoms with E-state index in [4.69, 9.17) is 0 Å². The van der Waals surface area contributed by atoms with Gasteiger partial charge >= 0.3 is 0 Å². The maximum atomic E-state index is 11.7. The normalized spacial score (nSPS) is 20.1. The van der Waals surface area contributed by atoms with Crippen LogP contribution in [0.4, 0.5) is 0 Å². The second-order valence-electron chi connectivity index (χ2n) is 4.29. The maximum Gasteiger partial charge on any atom is 0.196 e. The third kappa shape index (κ3) is 3.87. The van der Waals surface area contributed by atoms with Crippen LogP contribution in [-0.2, 0) is 0 Å². The molecule has 0 spiro atoms. The molecule has 92 valence electrons. The lowest BCUT2D eigenvalue weighted by molar-refractivity contribution is 0.0985. The van der Waals surface area contributed by atoms with Crippen molar-refractivity contribution in [1.29, 1.82) is 0 Å². The van der Waals surface area contributed by atoms with Crippen LogP contribution in [0.25, 0.3) is 0 Å². The van der Waals surface area contributed by atoms with Crippen molar-refractivity contribution in [3.63, 3.8) is 0 Å². The van der Waals surface area contributed by atoms with Gasteiger partial charge in [-0.3, -0.25) is 9.78 Å². The number of nitrogens with zero attached hydrogens (tertiary/aromatic N) is 2. The maximum absolute atomic E-state index is 11.7. The Bertz CT molecular complexity index is 349. The van der Waals surface area contributed by atoms with Crippen molar-refractivity contribution in [2.24, 2.45) is 0 Å². The highest BCUT2D eigenvalue weighted by atomic mass is 16.1. The van der Waals surface area contributed by atoms with Gasteiger partial charge in [0.25, 0.3) is 0 Å². The zero-order valence-electron chi connectivity index (χ0n) is 9.85. The largest absolute Gasteiger partial charge is 0.313 e. The van der Waals surface area contributed by atoms with Crippen LogP contribution >= 0.6 is 0 Å². The number of carbonyl (C=O) groups excluding carboxylic acids is 1. The number of piperidine rings is 1.